The smallest absolute Gasteiger partial charge is 0.243 e. The third-order valence-corrected chi connectivity index (χ3v) is 8.41. The fraction of sp³-hybridized carbons (Fsp3) is 0.344. The van der Waals surface area contributed by atoms with Gasteiger partial charge in [-0.05, 0) is 58.7 Å². The van der Waals surface area contributed by atoms with Crippen LogP contribution in [0.25, 0.3) is 5.69 Å². The fourth-order valence-electron chi connectivity index (χ4n) is 4.94. The van der Waals surface area contributed by atoms with Gasteiger partial charge in [-0.3, -0.25) is 14.8 Å². The molecule has 1 aliphatic rings. The second-order valence-electron chi connectivity index (χ2n) is 10.6. The Morgan fingerprint density at radius 2 is 1.60 bits per heavy atom. The van der Waals surface area contributed by atoms with E-state index in [0.717, 1.165) is 22.4 Å². The van der Waals surface area contributed by atoms with Gasteiger partial charge >= 0.3 is 0 Å². The van der Waals surface area contributed by atoms with Crippen LogP contribution in [0, 0.1) is 0 Å². The Morgan fingerprint density at radius 1 is 0.889 bits per heavy atom. The number of aliphatic hydroxyl groups is 1. The highest BCUT2D eigenvalue weighted by Crippen LogP contribution is 2.39. The third-order valence-electron chi connectivity index (χ3n) is 7.35. The summed E-state index contributed by atoms with van der Waals surface area (Å²) in [6, 6.07) is 24.8. The van der Waals surface area contributed by atoms with Crippen molar-refractivity contribution in [2.75, 3.05) is 11.1 Å². The number of nitrogens with one attached hydrogen (secondary N) is 2. The molecule has 0 bridgehead atoms. The number of aromatic nitrogens is 4. The predicted molar refractivity (Wildman–Crippen MR) is 166 cm³/mol. The molecule has 2 heterocycles. The Hall–Kier alpha value is -4.14. The van der Waals surface area contributed by atoms with Crippen LogP contribution in [-0.2, 0) is 25.7 Å². The summed E-state index contributed by atoms with van der Waals surface area (Å²) in [5.74, 6) is 0.0593. The van der Waals surface area contributed by atoms with Crippen LogP contribution in [0.1, 0.15) is 67.6 Å². The van der Waals surface area contributed by atoms with Crippen molar-refractivity contribution in [2.24, 2.45) is 0 Å². The Bertz CT molecular complexity index is 1520. The number of unbranched alkanes of at least 4 members (excludes halogenated alkanes) is 2. The molecule has 4 N–H and O–H groups in total. The van der Waals surface area contributed by atoms with E-state index in [0.29, 0.717) is 48.7 Å². The van der Waals surface area contributed by atoms with E-state index in [1.165, 1.54) is 11.8 Å². The molecule has 1 aromatic heterocycles. The molecule has 1 saturated heterocycles. The maximum Gasteiger partial charge on any atom is 0.243 e. The van der Waals surface area contributed by atoms with Gasteiger partial charge in [0.1, 0.15) is 0 Å². The summed E-state index contributed by atoms with van der Waals surface area (Å²) in [5, 5.41) is 33.8. The first-order chi connectivity index (χ1) is 22.0. The monoisotopic (exact) mass is 632 g/mol. The van der Waals surface area contributed by atoms with Crippen LogP contribution in [0.4, 0.5) is 5.69 Å². The Kier molecular flexibility index (Phi) is 11.6. The zero-order chi connectivity index (χ0) is 31.4. The lowest BCUT2D eigenvalue weighted by molar-refractivity contribution is -0.245. The molecular formula is C32H36N6O6S. The molecule has 0 saturated carbocycles. The van der Waals surface area contributed by atoms with Crippen LogP contribution in [0.2, 0.25) is 0 Å². The maximum absolute atomic E-state index is 12.4. The van der Waals surface area contributed by atoms with E-state index >= 15 is 0 Å². The number of anilines is 1. The van der Waals surface area contributed by atoms with Crippen LogP contribution >= 0.6 is 11.8 Å². The largest absolute Gasteiger partial charge is 0.392 e. The van der Waals surface area contributed by atoms with Gasteiger partial charge in [0.05, 0.1) is 24.5 Å². The van der Waals surface area contributed by atoms with Crippen LogP contribution in [0.5, 0.6) is 0 Å². The molecule has 2 amide bonds. The molecule has 236 valence electrons. The Morgan fingerprint density at radius 3 is 2.31 bits per heavy atom. The second kappa shape index (κ2) is 16.3. The average Bonchev–Trinajstić information content (AvgIpc) is 3.56. The molecule has 45 heavy (non-hydrogen) atoms. The van der Waals surface area contributed by atoms with Crippen molar-refractivity contribution in [3.8, 4) is 5.69 Å². The molecule has 5 rings (SSSR count). The second-order valence-corrected chi connectivity index (χ2v) is 11.6. The van der Waals surface area contributed by atoms with E-state index in [9.17, 15) is 14.7 Å². The summed E-state index contributed by atoms with van der Waals surface area (Å²) in [4.78, 5) is 23.5. The quantitative estimate of drug-likeness (QED) is 0.0652. The lowest BCUT2D eigenvalue weighted by Crippen LogP contribution is -2.31. The van der Waals surface area contributed by atoms with Crippen molar-refractivity contribution >= 4 is 29.3 Å². The molecule has 0 spiro atoms. The summed E-state index contributed by atoms with van der Waals surface area (Å²) in [6.45, 7) is -0.0286. The molecule has 0 radical (unpaired) electrons. The van der Waals surface area contributed by atoms with Gasteiger partial charge in [0.25, 0.3) is 0 Å². The first-order valence-electron chi connectivity index (χ1n) is 14.8. The Balaban J connectivity index is 1.22. The fourth-order valence-corrected chi connectivity index (χ4v) is 5.85. The minimum atomic E-state index is -0.641. The van der Waals surface area contributed by atoms with E-state index in [4.69, 9.17) is 14.7 Å². The average molecular weight is 633 g/mol. The van der Waals surface area contributed by atoms with E-state index in [2.05, 4.69) is 20.8 Å². The predicted octanol–water partition coefficient (Wildman–Crippen LogP) is 4.89. The lowest BCUT2D eigenvalue weighted by Gasteiger charge is -2.36. The number of carbonyl (C=O) groups is 2. The number of carbonyl (C=O) groups excluding carboxylic acids is 2. The summed E-state index contributed by atoms with van der Waals surface area (Å²) >= 11 is 1.51. The number of benzene rings is 3. The molecule has 3 atom stereocenters. The minimum Gasteiger partial charge on any atom is -0.392 e. The minimum absolute atomic E-state index is 0.0286. The number of hydrogen-bond donors (Lipinski definition) is 4. The maximum atomic E-state index is 12.4. The Labute approximate surface area is 265 Å². The number of amides is 2. The first-order valence-corrected chi connectivity index (χ1v) is 15.8. The molecule has 12 nitrogen and oxygen atoms in total. The standard InChI is InChI=1S/C32H36N6O6S/c39-20-22-11-13-23(14-12-22)28-19-27(21-45-32-34-36-37-38(32)26-7-3-1-4-8-26)43-31(44-28)24-15-17-25(18-16-24)33-29(40)9-5-2-6-10-30(41)35-42/h1,3-4,7-8,11-18,27-28,31,39,42H,2,5-6,9-10,19-21H2,(H,33,40)(H,35,41)/t27-,28+,31+/m1/s1. The number of rotatable bonds is 14. The van der Waals surface area contributed by atoms with Crippen LogP contribution in [0.15, 0.2) is 84.0 Å². The number of hydrogen-bond acceptors (Lipinski definition) is 10. The highest BCUT2D eigenvalue weighted by atomic mass is 32.2. The van der Waals surface area contributed by atoms with Crippen LogP contribution in [-0.4, -0.2) is 54.2 Å². The highest BCUT2D eigenvalue weighted by Gasteiger charge is 2.32. The SMILES string of the molecule is O=C(CCCCCC(=O)Nc1ccc([C@H]2O[C@@H](CSc3nnnn3-c3ccccc3)C[C@@H](c3ccc(CO)cc3)O2)cc1)NO. The number of hydroxylamine groups is 1. The molecule has 1 fully saturated rings. The topological polar surface area (TPSA) is 161 Å². The van der Waals surface area contributed by atoms with Gasteiger partial charge in [-0.25, -0.2) is 5.48 Å². The van der Waals surface area contributed by atoms with E-state index in [1.54, 1.807) is 10.2 Å². The van der Waals surface area contributed by atoms with Gasteiger partial charge in [0.2, 0.25) is 17.0 Å². The molecule has 13 heteroatoms. The molecular weight excluding hydrogens is 596 g/mol. The van der Waals surface area contributed by atoms with Crippen LogP contribution in [0.3, 0.4) is 0 Å². The van der Waals surface area contributed by atoms with Gasteiger partial charge in [-0.2, -0.15) is 4.68 Å². The molecule has 3 aromatic carbocycles. The first kappa shape index (κ1) is 32.3. The number of aliphatic hydroxyl groups excluding tert-OH is 1. The third kappa shape index (κ3) is 9.19. The highest BCUT2D eigenvalue weighted by molar-refractivity contribution is 7.99. The zero-order valence-electron chi connectivity index (χ0n) is 24.6. The number of thioether (sulfide) groups is 1. The zero-order valence-corrected chi connectivity index (χ0v) is 25.4. The van der Waals surface area contributed by atoms with E-state index < -0.39 is 12.2 Å². The number of ether oxygens (including phenoxy) is 2. The van der Waals surface area contributed by atoms with Gasteiger partial charge in [-0.15, -0.1) is 5.10 Å². The molecule has 0 aliphatic carbocycles. The van der Waals surface area contributed by atoms with Crippen molar-refractivity contribution < 1.29 is 29.4 Å². The van der Waals surface area contributed by atoms with Crippen molar-refractivity contribution in [1.29, 1.82) is 0 Å². The molecule has 4 aromatic rings. The number of tetrazole rings is 1. The summed E-state index contributed by atoms with van der Waals surface area (Å²) in [7, 11) is 0. The lowest BCUT2D eigenvalue weighted by atomic mass is 10.0. The van der Waals surface area contributed by atoms with E-state index in [-0.39, 0.29) is 31.1 Å². The van der Waals surface area contributed by atoms with Gasteiger partial charge < -0.3 is 19.9 Å². The van der Waals surface area contributed by atoms with Crippen molar-refractivity contribution in [2.45, 2.75) is 68.8 Å². The van der Waals surface area contributed by atoms with Crippen LogP contribution < -0.4 is 10.8 Å². The van der Waals surface area contributed by atoms with Gasteiger partial charge in [0, 0.05) is 36.3 Å². The number of para-hydroxylation sites is 1. The van der Waals surface area contributed by atoms with E-state index in [1.807, 2.05) is 78.9 Å². The molecule has 1 aliphatic heterocycles. The van der Waals surface area contributed by atoms with Crippen molar-refractivity contribution in [1.82, 2.24) is 25.7 Å². The summed E-state index contributed by atoms with van der Waals surface area (Å²) in [6.07, 6.45) is 2.07. The normalized spacial score (nSPS) is 18.0. The number of nitrogens with zero attached hydrogens (tertiary/aromatic N) is 4. The summed E-state index contributed by atoms with van der Waals surface area (Å²) in [5.41, 5.74) is 5.78. The summed E-state index contributed by atoms with van der Waals surface area (Å²) < 4.78 is 14.6. The molecule has 0 unspecified atom stereocenters. The van der Waals surface area contributed by atoms with Crippen molar-refractivity contribution in [3.63, 3.8) is 0 Å². The van der Waals surface area contributed by atoms with Crippen molar-refractivity contribution in [3.05, 3.63) is 95.6 Å². The van der Waals surface area contributed by atoms with Gasteiger partial charge in [0.15, 0.2) is 6.29 Å². The van der Waals surface area contributed by atoms with Gasteiger partial charge in [-0.1, -0.05) is 72.8 Å².